The van der Waals surface area contributed by atoms with Gasteiger partial charge in [-0.15, -0.1) is 13.2 Å². The van der Waals surface area contributed by atoms with Gasteiger partial charge < -0.3 is 9.64 Å². The maximum absolute atomic E-state index is 12.3. The lowest BCUT2D eigenvalue weighted by atomic mass is 9.89. The molecule has 4 nitrogen and oxygen atoms in total. The van der Waals surface area contributed by atoms with E-state index in [1.807, 2.05) is 23.1 Å². The zero-order valence-electron chi connectivity index (χ0n) is 16.1. The Kier molecular flexibility index (Phi) is 5.25. The van der Waals surface area contributed by atoms with Crippen molar-refractivity contribution >= 4 is 5.91 Å². The highest BCUT2D eigenvalue weighted by Crippen LogP contribution is 2.45. The first-order chi connectivity index (χ1) is 13.8. The molecule has 0 bridgehead atoms. The predicted octanol–water partition coefficient (Wildman–Crippen LogP) is 4.24. The minimum absolute atomic E-state index is 0.0752. The molecular weight excluding hydrogens is 381 g/mol. The van der Waals surface area contributed by atoms with Gasteiger partial charge in [0.2, 0.25) is 5.91 Å². The molecule has 2 aromatic carbocycles. The van der Waals surface area contributed by atoms with Crippen LogP contribution in [0.3, 0.4) is 0 Å². The molecule has 29 heavy (non-hydrogen) atoms. The van der Waals surface area contributed by atoms with Crippen LogP contribution in [0, 0.1) is 11.8 Å². The Morgan fingerprint density at radius 1 is 1.03 bits per heavy atom. The number of rotatable bonds is 4. The second-order valence-electron chi connectivity index (χ2n) is 7.84. The van der Waals surface area contributed by atoms with Crippen LogP contribution >= 0.6 is 0 Å². The van der Waals surface area contributed by atoms with Crippen molar-refractivity contribution in [3.05, 3.63) is 65.7 Å². The molecule has 2 heterocycles. The van der Waals surface area contributed by atoms with E-state index in [4.69, 9.17) is 0 Å². The molecule has 3 atom stereocenters. The summed E-state index contributed by atoms with van der Waals surface area (Å²) < 4.78 is 40.9. The van der Waals surface area contributed by atoms with Gasteiger partial charge in [0.15, 0.2) is 0 Å². The fourth-order valence-corrected chi connectivity index (χ4v) is 4.72. The number of alkyl halides is 3. The number of carbonyl (C=O) groups is 1. The molecule has 1 amide bonds. The number of likely N-dealkylation sites (tertiary alicyclic amines) is 2. The monoisotopic (exact) mass is 404 g/mol. The summed E-state index contributed by atoms with van der Waals surface area (Å²) in [4.78, 5) is 16.5. The van der Waals surface area contributed by atoms with Crippen molar-refractivity contribution < 1.29 is 22.7 Å². The normalized spacial score (nSPS) is 24.6. The molecule has 0 spiro atoms. The quantitative estimate of drug-likeness (QED) is 0.764. The molecular formula is C22H23F3N2O2. The average Bonchev–Trinajstić information content (AvgIpc) is 3.20. The van der Waals surface area contributed by atoms with Crippen molar-refractivity contribution in [2.75, 3.05) is 19.6 Å². The minimum atomic E-state index is -4.68. The van der Waals surface area contributed by atoms with E-state index in [1.165, 1.54) is 12.1 Å². The fourth-order valence-electron chi connectivity index (χ4n) is 4.72. The molecule has 2 aliphatic rings. The van der Waals surface area contributed by atoms with E-state index < -0.39 is 6.36 Å². The SMILES string of the molecule is CC(=O)N1C[C@H]2CN(Cc3ccc(OC(F)(F)F)cc3)C[C@H]2[C@@H]1c1ccccc1. The smallest absolute Gasteiger partial charge is 0.406 e. The van der Waals surface area contributed by atoms with Gasteiger partial charge in [0, 0.05) is 39.0 Å². The summed E-state index contributed by atoms with van der Waals surface area (Å²) in [6.07, 6.45) is -4.68. The Labute approximate surface area is 167 Å². The van der Waals surface area contributed by atoms with Crippen molar-refractivity contribution in [1.29, 1.82) is 0 Å². The molecule has 4 rings (SSSR count). The summed E-state index contributed by atoms with van der Waals surface area (Å²) in [5, 5.41) is 0. The molecule has 0 unspecified atom stereocenters. The van der Waals surface area contributed by atoms with Crippen LogP contribution in [-0.4, -0.2) is 41.7 Å². The van der Waals surface area contributed by atoms with Gasteiger partial charge in [0.05, 0.1) is 6.04 Å². The summed E-state index contributed by atoms with van der Waals surface area (Å²) >= 11 is 0. The Morgan fingerprint density at radius 2 is 1.72 bits per heavy atom. The van der Waals surface area contributed by atoms with E-state index in [0.717, 1.165) is 30.8 Å². The lowest BCUT2D eigenvalue weighted by molar-refractivity contribution is -0.274. The zero-order valence-corrected chi connectivity index (χ0v) is 16.1. The molecule has 0 radical (unpaired) electrons. The molecule has 0 saturated carbocycles. The van der Waals surface area contributed by atoms with Crippen LogP contribution in [0.15, 0.2) is 54.6 Å². The van der Waals surface area contributed by atoms with Gasteiger partial charge in [-0.05, 0) is 29.2 Å². The largest absolute Gasteiger partial charge is 0.573 e. The molecule has 2 aromatic rings. The minimum Gasteiger partial charge on any atom is -0.406 e. The first kappa shape index (κ1) is 19.8. The fraction of sp³-hybridized carbons (Fsp3) is 0.409. The molecule has 7 heteroatoms. The van der Waals surface area contributed by atoms with Crippen LogP contribution in [0.2, 0.25) is 0 Å². The maximum atomic E-state index is 12.3. The summed E-state index contributed by atoms with van der Waals surface area (Å²) in [6.45, 7) is 4.77. The average molecular weight is 404 g/mol. The Bertz CT molecular complexity index is 855. The van der Waals surface area contributed by atoms with Crippen LogP contribution < -0.4 is 4.74 Å². The highest BCUT2D eigenvalue weighted by Gasteiger charge is 2.48. The number of nitrogens with zero attached hydrogens (tertiary/aromatic N) is 2. The van der Waals surface area contributed by atoms with Gasteiger partial charge in [-0.3, -0.25) is 9.69 Å². The Balaban J connectivity index is 1.44. The van der Waals surface area contributed by atoms with Crippen LogP contribution in [0.5, 0.6) is 5.75 Å². The van der Waals surface area contributed by atoms with Crippen LogP contribution in [0.1, 0.15) is 24.1 Å². The lowest BCUT2D eigenvalue weighted by Crippen LogP contribution is -2.34. The summed E-state index contributed by atoms with van der Waals surface area (Å²) in [7, 11) is 0. The van der Waals surface area contributed by atoms with Crippen LogP contribution in [0.4, 0.5) is 13.2 Å². The van der Waals surface area contributed by atoms with E-state index in [2.05, 4.69) is 21.8 Å². The number of halogens is 3. The Hall–Kier alpha value is -2.54. The third-order valence-corrected chi connectivity index (χ3v) is 5.85. The molecule has 0 aromatic heterocycles. The molecule has 154 valence electrons. The number of hydrogen-bond donors (Lipinski definition) is 0. The standard InChI is InChI=1S/C22H23F3N2O2/c1-15(28)27-13-18-12-26(14-20(18)21(27)17-5-3-2-4-6-17)11-16-7-9-19(10-8-16)29-22(23,24)25/h2-10,18,20-21H,11-14H2,1H3/t18-,20-,21+/m1/s1. The third kappa shape index (κ3) is 4.40. The second-order valence-corrected chi connectivity index (χ2v) is 7.84. The summed E-state index contributed by atoms with van der Waals surface area (Å²) in [5.41, 5.74) is 2.10. The zero-order chi connectivity index (χ0) is 20.6. The number of ether oxygens (including phenoxy) is 1. The number of hydrogen-bond acceptors (Lipinski definition) is 3. The number of fused-ring (bicyclic) bond motifs is 1. The van der Waals surface area contributed by atoms with Crippen LogP contribution in [-0.2, 0) is 11.3 Å². The molecule has 0 N–H and O–H groups in total. The topological polar surface area (TPSA) is 32.8 Å². The van der Waals surface area contributed by atoms with E-state index >= 15 is 0 Å². The van der Waals surface area contributed by atoms with Crippen molar-refractivity contribution in [1.82, 2.24) is 9.80 Å². The number of amides is 1. The van der Waals surface area contributed by atoms with Gasteiger partial charge in [-0.2, -0.15) is 0 Å². The maximum Gasteiger partial charge on any atom is 0.573 e. The summed E-state index contributed by atoms with van der Waals surface area (Å²) in [5.74, 6) is 0.645. The Morgan fingerprint density at radius 3 is 2.34 bits per heavy atom. The lowest BCUT2D eigenvalue weighted by Gasteiger charge is -2.29. The van der Waals surface area contributed by atoms with E-state index in [1.54, 1.807) is 19.1 Å². The molecule has 2 aliphatic heterocycles. The molecule has 2 saturated heterocycles. The van der Waals surface area contributed by atoms with Gasteiger partial charge in [-0.25, -0.2) is 0 Å². The van der Waals surface area contributed by atoms with Gasteiger partial charge in [0.1, 0.15) is 5.75 Å². The van der Waals surface area contributed by atoms with E-state index in [9.17, 15) is 18.0 Å². The van der Waals surface area contributed by atoms with Crippen LogP contribution in [0.25, 0.3) is 0 Å². The van der Waals surface area contributed by atoms with Gasteiger partial charge >= 0.3 is 6.36 Å². The van der Waals surface area contributed by atoms with E-state index in [0.29, 0.717) is 18.4 Å². The van der Waals surface area contributed by atoms with Crippen molar-refractivity contribution in [3.8, 4) is 5.75 Å². The van der Waals surface area contributed by atoms with Crippen molar-refractivity contribution in [3.63, 3.8) is 0 Å². The molecule has 2 fully saturated rings. The van der Waals surface area contributed by atoms with Crippen molar-refractivity contribution in [2.45, 2.75) is 25.9 Å². The first-order valence-corrected chi connectivity index (χ1v) is 9.69. The second kappa shape index (κ2) is 7.71. The first-order valence-electron chi connectivity index (χ1n) is 9.69. The third-order valence-electron chi connectivity index (χ3n) is 5.85. The highest BCUT2D eigenvalue weighted by molar-refractivity contribution is 5.74. The van der Waals surface area contributed by atoms with Gasteiger partial charge in [0.25, 0.3) is 0 Å². The predicted molar refractivity (Wildman–Crippen MR) is 102 cm³/mol. The number of benzene rings is 2. The summed E-state index contributed by atoms with van der Waals surface area (Å²) in [6, 6.07) is 16.2. The number of carbonyl (C=O) groups excluding carboxylic acids is 1. The molecule has 0 aliphatic carbocycles. The van der Waals surface area contributed by atoms with Crippen molar-refractivity contribution in [2.24, 2.45) is 11.8 Å². The highest BCUT2D eigenvalue weighted by atomic mass is 19.4. The van der Waals surface area contributed by atoms with Gasteiger partial charge in [-0.1, -0.05) is 42.5 Å². The van der Waals surface area contributed by atoms with E-state index in [-0.39, 0.29) is 17.7 Å².